The van der Waals surface area contributed by atoms with Crippen LogP contribution in [-0.4, -0.2) is 39.6 Å². The zero-order valence-corrected chi connectivity index (χ0v) is 16.5. The lowest BCUT2D eigenvalue weighted by Gasteiger charge is -2.31. The Hall–Kier alpha value is -2.27. The highest BCUT2D eigenvalue weighted by Gasteiger charge is 2.25. The highest BCUT2D eigenvalue weighted by Crippen LogP contribution is 2.28. The number of nitrogens with zero attached hydrogens (tertiary/aromatic N) is 2. The van der Waals surface area contributed by atoms with Gasteiger partial charge in [-0.05, 0) is 37.5 Å². The maximum Gasteiger partial charge on any atom is 0.232 e. The van der Waals surface area contributed by atoms with Crippen LogP contribution in [0, 0.1) is 6.92 Å². The topological polar surface area (TPSA) is 49.0 Å². The van der Waals surface area contributed by atoms with Gasteiger partial charge in [0.15, 0.2) is 0 Å². The molecular formula is C22H25N3OS. The van der Waals surface area contributed by atoms with Gasteiger partial charge >= 0.3 is 0 Å². The molecule has 5 heteroatoms. The molecular weight excluding hydrogens is 354 g/mol. The van der Waals surface area contributed by atoms with E-state index in [4.69, 9.17) is 4.98 Å². The second-order valence-electron chi connectivity index (χ2n) is 7.27. The van der Waals surface area contributed by atoms with Crippen LogP contribution >= 0.6 is 11.8 Å². The molecule has 1 saturated heterocycles. The normalized spacial score (nSPS) is 15.4. The predicted octanol–water partition coefficient (Wildman–Crippen LogP) is 4.51. The van der Waals surface area contributed by atoms with E-state index in [9.17, 15) is 4.79 Å². The first-order valence-electron chi connectivity index (χ1n) is 9.55. The van der Waals surface area contributed by atoms with Gasteiger partial charge in [-0.25, -0.2) is 4.98 Å². The Bertz CT molecular complexity index is 878. The van der Waals surface area contributed by atoms with Gasteiger partial charge in [0.2, 0.25) is 5.91 Å². The summed E-state index contributed by atoms with van der Waals surface area (Å²) in [4.78, 5) is 22.7. The Balaban J connectivity index is 1.25. The minimum Gasteiger partial charge on any atom is -0.342 e. The van der Waals surface area contributed by atoms with Crippen molar-refractivity contribution in [3.8, 4) is 0 Å². The molecule has 4 nitrogen and oxygen atoms in total. The lowest BCUT2D eigenvalue weighted by Crippen LogP contribution is -2.39. The van der Waals surface area contributed by atoms with E-state index in [0.717, 1.165) is 48.5 Å². The first kappa shape index (κ1) is 18.1. The number of benzene rings is 2. The van der Waals surface area contributed by atoms with Gasteiger partial charge in [0.1, 0.15) is 5.82 Å². The number of aromatic amines is 1. The molecule has 0 unspecified atom stereocenters. The van der Waals surface area contributed by atoms with Gasteiger partial charge < -0.3 is 9.88 Å². The Kier molecular flexibility index (Phi) is 5.48. The van der Waals surface area contributed by atoms with Crippen molar-refractivity contribution in [1.82, 2.24) is 14.9 Å². The quantitative estimate of drug-likeness (QED) is 0.709. The number of amides is 1. The zero-order valence-electron chi connectivity index (χ0n) is 15.6. The number of nitrogens with one attached hydrogen (secondary N) is 1. The van der Waals surface area contributed by atoms with E-state index >= 15 is 0 Å². The second kappa shape index (κ2) is 8.17. The molecule has 2 heterocycles. The number of fused-ring (bicyclic) bond motifs is 1. The molecule has 3 aromatic rings. The van der Waals surface area contributed by atoms with Crippen LogP contribution in [0.2, 0.25) is 0 Å². The molecule has 1 N–H and O–H groups in total. The molecule has 1 amide bonds. The average molecular weight is 380 g/mol. The van der Waals surface area contributed by atoms with E-state index in [2.05, 4.69) is 42.2 Å². The number of carbonyl (C=O) groups excluding carboxylic acids is 1. The summed E-state index contributed by atoms with van der Waals surface area (Å²) >= 11 is 1.70. The third-order valence-electron chi connectivity index (χ3n) is 5.26. The monoisotopic (exact) mass is 379 g/mol. The molecule has 4 rings (SSSR count). The number of para-hydroxylation sites is 2. The number of thioether (sulfide) groups is 1. The summed E-state index contributed by atoms with van der Waals surface area (Å²) < 4.78 is 0. The molecule has 0 atom stereocenters. The van der Waals surface area contributed by atoms with Gasteiger partial charge in [-0.1, -0.05) is 42.0 Å². The molecule has 0 saturated carbocycles. The molecule has 0 radical (unpaired) electrons. The fourth-order valence-electron chi connectivity index (χ4n) is 3.60. The summed E-state index contributed by atoms with van der Waals surface area (Å²) in [5.74, 6) is 3.19. The third-order valence-corrected chi connectivity index (χ3v) is 6.25. The van der Waals surface area contributed by atoms with Crippen molar-refractivity contribution >= 4 is 28.7 Å². The van der Waals surface area contributed by atoms with E-state index in [0.29, 0.717) is 11.7 Å². The van der Waals surface area contributed by atoms with Crippen molar-refractivity contribution in [3.05, 3.63) is 65.5 Å². The number of imidazole rings is 1. The van der Waals surface area contributed by atoms with Gasteiger partial charge in [0.05, 0.1) is 16.8 Å². The molecule has 27 heavy (non-hydrogen) atoms. The van der Waals surface area contributed by atoms with Crippen LogP contribution in [0.1, 0.15) is 35.7 Å². The lowest BCUT2D eigenvalue weighted by molar-refractivity contribution is -0.129. The molecule has 0 spiro atoms. The van der Waals surface area contributed by atoms with Crippen molar-refractivity contribution in [2.45, 2.75) is 31.4 Å². The SMILES string of the molecule is Cc1ccc(CSCC(=O)N2CCC(c3nc4ccccc4[nH]3)CC2)cc1. The van der Waals surface area contributed by atoms with Gasteiger partial charge in [-0.3, -0.25) is 4.79 Å². The van der Waals surface area contributed by atoms with Gasteiger partial charge in [0, 0.05) is 24.8 Å². The number of rotatable bonds is 5. The molecule has 0 aliphatic carbocycles. The molecule has 0 bridgehead atoms. The first-order valence-corrected chi connectivity index (χ1v) is 10.7. The summed E-state index contributed by atoms with van der Waals surface area (Å²) in [5, 5.41) is 0. The number of piperidine rings is 1. The van der Waals surface area contributed by atoms with Gasteiger partial charge in [-0.2, -0.15) is 0 Å². The fraction of sp³-hybridized carbons (Fsp3) is 0.364. The summed E-state index contributed by atoms with van der Waals surface area (Å²) in [6.45, 7) is 3.74. The predicted molar refractivity (Wildman–Crippen MR) is 112 cm³/mol. The number of hydrogen-bond acceptors (Lipinski definition) is 3. The van der Waals surface area contributed by atoms with Crippen LogP contribution in [0.3, 0.4) is 0 Å². The van der Waals surface area contributed by atoms with E-state index in [1.165, 1.54) is 11.1 Å². The van der Waals surface area contributed by atoms with E-state index in [1.54, 1.807) is 11.8 Å². The number of hydrogen-bond donors (Lipinski definition) is 1. The molecule has 1 aliphatic rings. The van der Waals surface area contributed by atoms with E-state index in [-0.39, 0.29) is 5.91 Å². The highest BCUT2D eigenvalue weighted by molar-refractivity contribution is 7.99. The summed E-state index contributed by atoms with van der Waals surface area (Å²) in [5.41, 5.74) is 4.67. The van der Waals surface area contributed by atoms with Crippen LogP contribution in [0.5, 0.6) is 0 Å². The maximum absolute atomic E-state index is 12.5. The van der Waals surface area contributed by atoms with Crippen molar-refractivity contribution in [2.24, 2.45) is 0 Å². The van der Waals surface area contributed by atoms with Crippen LogP contribution in [0.25, 0.3) is 11.0 Å². The molecule has 1 aliphatic heterocycles. The number of carbonyl (C=O) groups is 1. The Morgan fingerprint density at radius 2 is 1.89 bits per heavy atom. The van der Waals surface area contributed by atoms with Crippen molar-refractivity contribution < 1.29 is 4.79 Å². The maximum atomic E-state index is 12.5. The van der Waals surface area contributed by atoms with Crippen LogP contribution in [0.4, 0.5) is 0 Å². The summed E-state index contributed by atoms with van der Waals surface area (Å²) in [7, 11) is 0. The Labute approximate surface area is 164 Å². The van der Waals surface area contributed by atoms with Gasteiger partial charge in [0.25, 0.3) is 0 Å². The van der Waals surface area contributed by atoms with Crippen LogP contribution < -0.4 is 0 Å². The van der Waals surface area contributed by atoms with Crippen molar-refractivity contribution in [2.75, 3.05) is 18.8 Å². The molecule has 1 aromatic heterocycles. The first-order chi connectivity index (χ1) is 13.2. The van der Waals surface area contributed by atoms with E-state index in [1.807, 2.05) is 23.1 Å². The zero-order chi connectivity index (χ0) is 18.6. The van der Waals surface area contributed by atoms with Crippen LogP contribution in [0.15, 0.2) is 48.5 Å². The number of aromatic nitrogens is 2. The molecule has 1 fully saturated rings. The standard InChI is InChI=1S/C22H25N3OS/c1-16-6-8-17(9-7-16)14-27-15-21(26)25-12-10-18(11-13-25)22-23-19-4-2-3-5-20(19)24-22/h2-9,18H,10-15H2,1H3,(H,23,24). The van der Waals surface area contributed by atoms with E-state index < -0.39 is 0 Å². The number of H-pyrrole nitrogens is 1. The smallest absolute Gasteiger partial charge is 0.232 e. The minimum atomic E-state index is 0.259. The Morgan fingerprint density at radius 1 is 1.15 bits per heavy atom. The molecule has 2 aromatic carbocycles. The van der Waals surface area contributed by atoms with Crippen molar-refractivity contribution in [3.63, 3.8) is 0 Å². The van der Waals surface area contributed by atoms with Crippen molar-refractivity contribution in [1.29, 1.82) is 0 Å². The number of likely N-dealkylation sites (tertiary alicyclic amines) is 1. The largest absolute Gasteiger partial charge is 0.342 e. The lowest BCUT2D eigenvalue weighted by atomic mass is 9.96. The highest BCUT2D eigenvalue weighted by atomic mass is 32.2. The summed E-state index contributed by atoms with van der Waals surface area (Å²) in [6, 6.07) is 16.7. The third kappa shape index (κ3) is 4.35. The molecule has 140 valence electrons. The number of aryl methyl sites for hydroxylation is 1. The van der Waals surface area contributed by atoms with Gasteiger partial charge in [-0.15, -0.1) is 11.8 Å². The Morgan fingerprint density at radius 3 is 2.63 bits per heavy atom. The minimum absolute atomic E-state index is 0.259. The fourth-order valence-corrected chi connectivity index (χ4v) is 4.49. The average Bonchev–Trinajstić information content (AvgIpc) is 3.14. The second-order valence-corrected chi connectivity index (χ2v) is 8.26. The summed E-state index contributed by atoms with van der Waals surface area (Å²) in [6.07, 6.45) is 1.96. The van der Waals surface area contributed by atoms with Crippen LogP contribution in [-0.2, 0) is 10.5 Å².